The maximum Gasteiger partial charge on any atom is 0.349 e. The Morgan fingerprint density at radius 3 is 2.69 bits per heavy atom. The lowest BCUT2D eigenvalue weighted by atomic mass is 10.2. The van der Waals surface area contributed by atoms with Gasteiger partial charge in [0.2, 0.25) is 0 Å². The second-order valence-electron chi connectivity index (χ2n) is 6.69. The number of halogens is 3. The molecule has 0 bridgehead atoms. The third-order valence-corrected chi connectivity index (χ3v) is 6.92. The van der Waals surface area contributed by atoms with Crippen LogP contribution in [0.4, 0.5) is 11.4 Å². The van der Waals surface area contributed by atoms with E-state index in [-0.39, 0.29) is 0 Å². The van der Waals surface area contributed by atoms with E-state index in [1.165, 1.54) is 18.4 Å². The fraction of sp³-hybridized carbons (Fsp3) is 0.0952. The normalized spacial score (nSPS) is 10.9. The van der Waals surface area contributed by atoms with Crippen LogP contribution >= 0.6 is 58.4 Å². The Hall–Kier alpha value is -2.36. The van der Waals surface area contributed by atoms with Gasteiger partial charge < -0.3 is 15.4 Å². The first kappa shape index (κ1) is 22.8. The van der Waals surface area contributed by atoms with Crippen molar-refractivity contribution in [1.82, 2.24) is 9.78 Å². The highest BCUT2D eigenvalue weighted by Gasteiger charge is 2.18. The Morgan fingerprint density at radius 1 is 1.16 bits per heavy atom. The van der Waals surface area contributed by atoms with Gasteiger partial charge in [-0.2, -0.15) is 5.10 Å². The van der Waals surface area contributed by atoms with Gasteiger partial charge in [0.05, 0.1) is 30.6 Å². The highest BCUT2D eigenvalue weighted by atomic mass is 35.5. The van der Waals surface area contributed by atoms with Crippen molar-refractivity contribution in [2.24, 2.45) is 0 Å². The number of nitrogens with zero attached hydrogens (tertiary/aromatic N) is 2. The molecule has 0 atom stereocenters. The highest BCUT2D eigenvalue weighted by Crippen LogP contribution is 2.37. The Labute approximate surface area is 208 Å². The van der Waals surface area contributed by atoms with Gasteiger partial charge >= 0.3 is 5.97 Å². The summed E-state index contributed by atoms with van der Waals surface area (Å²) in [4.78, 5) is 12.2. The molecule has 4 aromatic rings. The third-order valence-electron chi connectivity index (χ3n) is 4.50. The van der Waals surface area contributed by atoms with E-state index in [1.807, 2.05) is 30.5 Å². The van der Waals surface area contributed by atoms with Crippen LogP contribution in [0.25, 0.3) is 10.1 Å². The number of aromatic nitrogens is 2. The van der Waals surface area contributed by atoms with Gasteiger partial charge in [0.1, 0.15) is 4.88 Å². The Kier molecular flexibility index (Phi) is 6.88. The van der Waals surface area contributed by atoms with Crippen molar-refractivity contribution in [1.29, 1.82) is 0 Å². The zero-order valence-corrected chi connectivity index (χ0v) is 20.4. The number of rotatable bonds is 5. The number of esters is 1. The van der Waals surface area contributed by atoms with Gasteiger partial charge in [0.15, 0.2) is 5.11 Å². The van der Waals surface area contributed by atoms with Crippen LogP contribution < -0.4 is 10.6 Å². The van der Waals surface area contributed by atoms with E-state index < -0.39 is 5.97 Å². The van der Waals surface area contributed by atoms with E-state index in [1.54, 1.807) is 23.0 Å². The highest BCUT2D eigenvalue weighted by molar-refractivity contribution is 7.80. The van der Waals surface area contributed by atoms with Crippen molar-refractivity contribution < 1.29 is 9.53 Å². The summed E-state index contributed by atoms with van der Waals surface area (Å²) in [6.45, 7) is 0.496. The number of hydrogen-bond acceptors (Lipinski definition) is 5. The Bertz CT molecular complexity index is 1340. The number of benzene rings is 2. The number of thiocarbonyl (C=S) groups is 1. The van der Waals surface area contributed by atoms with E-state index >= 15 is 0 Å². The standard InChI is InChI=1S/C21H15Cl3N4O2S2/c1-30-20(29)19-18(24)15-5-4-13(7-17(15)32-19)26-21(31)27-14-8-25-28(10-14)9-11-2-3-12(22)6-16(11)23/h2-8,10H,9H2,1H3,(H2,26,27,31). The van der Waals surface area contributed by atoms with Crippen LogP contribution in [0, 0.1) is 0 Å². The average molecular weight is 526 g/mol. The molecule has 0 aliphatic carbocycles. The first-order chi connectivity index (χ1) is 15.3. The Balaban J connectivity index is 1.42. The molecule has 0 radical (unpaired) electrons. The number of methoxy groups -OCH3 is 1. The lowest BCUT2D eigenvalue weighted by Gasteiger charge is -2.09. The monoisotopic (exact) mass is 524 g/mol. The molecule has 2 aromatic carbocycles. The van der Waals surface area contributed by atoms with Crippen molar-refractivity contribution in [3.8, 4) is 0 Å². The molecular weight excluding hydrogens is 511 g/mol. The van der Waals surface area contributed by atoms with Crippen LogP contribution in [0.3, 0.4) is 0 Å². The van der Waals surface area contributed by atoms with Gasteiger partial charge in [-0.3, -0.25) is 4.68 Å². The number of carbonyl (C=O) groups excluding carboxylic acids is 1. The second-order valence-corrected chi connectivity index (χ2v) is 9.37. The van der Waals surface area contributed by atoms with E-state index in [0.717, 1.165) is 27.0 Å². The molecule has 164 valence electrons. The fourth-order valence-corrected chi connectivity index (χ4v) is 5.17. The largest absolute Gasteiger partial charge is 0.465 e. The molecule has 4 rings (SSSR count). The van der Waals surface area contributed by atoms with Crippen LogP contribution in [-0.2, 0) is 11.3 Å². The fourth-order valence-electron chi connectivity index (χ4n) is 3.00. The van der Waals surface area contributed by atoms with Crippen molar-refractivity contribution >= 4 is 90.9 Å². The molecule has 11 heteroatoms. The third kappa shape index (κ3) is 5.00. The number of hydrogen-bond donors (Lipinski definition) is 2. The number of fused-ring (bicyclic) bond motifs is 1. The number of thiophene rings is 1. The second kappa shape index (κ2) is 9.64. The molecule has 2 heterocycles. The van der Waals surface area contributed by atoms with E-state index in [9.17, 15) is 4.79 Å². The Morgan fingerprint density at radius 2 is 1.94 bits per heavy atom. The zero-order valence-electron chi connectivity index (χ0n) is 16.5. The molecule has 0 saturated heterocycles. The van der Waals surface area contributed by atoms with Gasteiger partial charge in [0.25, 0.3) is 0 Å². The molecule has 2 aromatic heterocycles. The summed E-state index contributed by atoms with van der Waals surface area (Å²) in [7, 11) is 1.33. The van der Waals surface area contributed by atoms with Crippen molar-refractivity contribution in [3.05, 3.63) is 74.3 Å². The lowest BCUT2D eigenvalue weighted by Crippen LogP contribution is -2.18. The molecule has 0 saturated carbocycles. The summed E-state index contributed by atoms with van der Waals surface area (Å²) in [5.41, 5.74) is 2.38. The molecule has 0 aliphatic rings. The van der Waals surface area contributed by atoms with Gasteiger partial charge in [-0.15, -0.1) is 11.3 Å². The van der Waals surface area contributed by atoms with Crippen LogP contribution in [-0.4, -0.2) is 28.0 Å². The van der Waals surface area contributed by atoms with Crippen LogP contribution in [0.2, 0.25) is 15.1 Å². The van der Waals surface area contributed by atoms with Crippen LogP contribution in [0.5, 0.6) is 0 Å². The minimum Gasteiger partial charge on any atom is -0.465 e. The predicted molar refractivity (Wildman–Crippen MR) is 136 cm³/mol. The summed E-state index contributed by atoms with van der Waals surface area (Å²) in [5, 5.41) is 13.3. The molecular formula is C21H15Cl3N4O2S2. The maximum absolute atomic E-state index is 11.9. The van der Waals surface area contributed by atoms with E-state index in [0.29, 0.717) is 31.6 Å². The smallest absolute Gasteiger partial charge is 0.349 e. The van der Waals surface area contributed by atoms with E-state index in [2.05, 4.69) is 15.7 Å². The van der Waals surface area contributed by atoms with Crippen LogP contribution in [0.15, 0.2) is 48.8 Å². The van der Waals surface area contributed by atoms with Crippen molar-refractivity contribution in [3.63, 3.8) is 0 Å². The quantitative estimate of drug-likeness (QED) is 0.223. The van der Waals surface area contributed by atoms with Gasteiger partial charge in [-0.25, -0.2) is 4.79 Å². The summed E-state index contributed by atoms with van der Waals surface area (Å²) >= 11 is 25.2. The molecule has 2 N–H and O–H groups in total. The molecule has 0 unspecified atom stereocenters. The first-order valence-corrected chi connectivity index (χ1v) is 11.5. The number of ether oxygens (including phenoxy) is 1. The number of anilines is 2. The summed E-state index contributed by atoms with van der Waals surface area (Å²) in [5.74, 6) is -0.459. The van der Waals surface area contributed by atoms with Gasteiger partial charge in [-0.05, 0) is 48.1 Å². The molecule has 0 amide bonds. The summed E-state index contributed by atoms with van der Waals surface area (Å²) < 4.78 is 7.37. The molecule has 32 heavy (non-hydrogen) atoms. The number of nitrogens with one attached hydrogen (secondary N) is 2. The van der Waals surface area contributed by atoms with Crippen molar-refractivity contribution in [2.45, 2.75) is 6.54 Å². The van der Waals surface area contributed by atoms with Gasteiger partial charge in [-0.1, -0.05) is 40.9 Å². The SMILES string of the molecule is COC(=O)c1sc2cc(NC(=S)Nc3cnn(Cc4ccc(Cl)cc4Cl)c3)ccc2c1Cl. The van der Waals surface area contributed by atoms with Crippen LogP contribution in [0.1, 0.15) is 15.2 Å². The molecule has 0 spiro atoms. The minimum atomic E-state index is -0.459. The predicted octanol–water partition coefficient (Wildman–Crippen LogP) is 6.70. The maximum atomic E-state index is 11.9. The van der Waals surface area contributed by atoms with Gasteiger partial charge in [0, 0.05) is 32.0 Å². The number of carbonyl (C=O) groups is 1. The first-order valence-electron chi connectivity index (χ1n) is 9.19. The molecule has 0 fully saturated rings. The molecule has 6 nitrogen and oxygen atoms in total. The summed E-state index contributed by atoms with van der Waals surface area (Å²) in [6.07, 6.45) is 3.49. The summed E-state index contributed by atoms with van der Waals surface area (Å²) in [6, 6.07) is 10.9. The topological polar surface area (TPSA) is 68.2 Å². The van der Waals surface area contributed by atoms with E-state index in [4.69, 9.17) is 51.8 Å². The van der Waals surface area contributed by atoms with Crippen molar-refractivity contribution in [2.75, 3.05) is 17.7 Å². The lowest BCUT2D eigenvalue weighted by molar-refractivity contribution is 0.0606. The average Bonchev–Trinajstić information content (AvgIpc) is 3.33. The molecule has 0 aliphatic heterocycles. The zero-order chi connectivity index (χ0) is 22.8. The minimum absolute atomic E-state index is 0.371.